The van der Waals surface area contributed by atoms with E-state index in [0.717, 1.165) is 12.5 Å². The van der Waals surface area contributed by atoms with E-state index in [1.807, 2.05) is 0 Å². The molecule has 0 aliphatic carbocycles. The Morgan fingerprint density at radius 1 is 1.50 bits per heavy atom. The van der Waals surface area contributed by atoms with Crippen LogP contribution >= 0.6 is 0 Å². The first-order valence-corrected chi connectivity index (χ1v) is 6.17. The minimum atomic E-state index is 0.706. The number of hydrogen-bond acceptors (Lipinski definition) is 1. The Morgan fingerprint density at radius 3 is 2.70 bits per heavy atom. The predicted octanol–water partition coefficient (Wildman–Crippen LogP) is 1.41. The van der Waals surface area contributed by atoms with Crippen molar-refractivity contribution in [1.82, 2.24) is 0 Å². The number of rotatable bonds is 6. The summed E-state index contributed by atoms with van der Waals surface area (Å²) in [4.78, 5) is 0. The van der Waals surface area contributed by atoms with Crippen molar-refractivity contribution >= 4 is 31.8 Å². The minimum Gasteiger partial charge on any atom is -0.510 e. The molecular formula is C7H16Al2O. The highest BCUT2D eigenvalue weighted by Gasteiger charge is 1.95. The van der Waals surface area contributed by atoms with Gasteiger partial charge < -0.3 is 3.79 Å². The fraction of sp³-hybridized carbons (Fsp3) is 1.00. The molecule has 0 aromatic heterocycles. The van der Waals surface area contributed by atoms with Crippen molar-refractivity contribution in [3.05, 3.63) is 0 Å². The molecule has 2 radical (unpaired) electrons. The second-order valence-electron chi connectivity index (χ2n) is 2.97. The van der Waals surface area contributed by atoms with Crippen LogP contribution in [0.3, 0.4) is 0 Å². The van der Waals surface area contributed by atoms with Crippen molar-refractivity contribution in [3.8, 4) is 0 Å². The Morgan fingerprint density at radius 2 is 2.20 bits per heavy atom. The maximum absolute atomic E-state index is 4.99. The van der Waals surface area contributed by atoms with Crippen LogP contribution in [0.4, 0.5) is 0 Å². The molecule has 56 valence electrons. The summed E-state index contributed by atoms with van der Waals surface area (Å²) >= 11 is 2.31. The van der Waals surface area contributed by atoms with Crippen LogP contribution in [0.1, 0.15) is 20.3 Å². The highest BCUT2D eigenvalue weighted by Crippen LogP contribution is 2.01. The molecule has 0 aliphatic heterocycles. The molecular weight excluding hydrogens is 154 g/mol. The molecule has 0 aromatic rings. The van der Waals surface area contributed by atoms with Crippen LogP contribution in [0.5, 0.6) is 0 Å². The van der Waals surface area contributed by atoms with Gasteiger partial charge in [-0.05, 0) is 6.42 Å². The first-order valence-electron chi connectivity index (χ1n) is 3.96. The van der Waals surface area contributed by atoms with Gasteiger partial charge in [0.1, 0.15) is 0 Å². The fourth-order valence-corrected chi connectivity index (χ4v) is 2.34. The zero-order chi connectivity index (χ0) is 7.82. The maximum atomic E-state index is 4.99. The molecule has 10 heavy (non-hydrogen) atoms. The third kappa shape index (κ3) is 9.02. The normalized spacial score (nSPS) is 10.3. The van der Waals surface area contributed by atoms with E-state index in [2.05, 4.69) is 13.8 Å². The molecule has 1 nitrogen and oxygen atoms in total. The molecule has 0 bridgehead atoms. The largest absolute Gasteiger partial charge is 0.510 e. The molecule has 0 aliphatic rings. The summed E-state index contributed by atoms with van der Waals surface area (Å²) in [6.45, 7) is 5.55. The Labute approximate surface area is 79.0 Å². The highest BCUT2D eigenvalue weighted by atomic mass is 27.1. The third-order valence-electron chi connectivity index (χ3n) is 1.33. The van der Waals surface area contributed by atoms with Crippen molar-refractivity contribution in [3.63, 3.8) is 0 Å². The summed E-state index contributed by atoms with van der Waals surface area (Å²) < 4.78 is 4.99. The van der Waals surface area contributed by atoms with E-state index in [1.165, 1.54) is 17.0 Å². The SMILES string of the molecule is CC(C)[CH2][Al][CH2]CC[O][AlH]. The van der Waals surface area contributed by atoms with E-state index in [0.29, 0.717) is 15.2 Å². The Balaban J connectivity index is 2.77. The molecule has 0 N–H and O–H groups in total. The van der Waals surface area contributed by atoms with Crippen LogP contribution < -0.4 is 0 Å². The maximum Gasteiger partial charge on any atom is 0.394 e. The lowest BCUT2D eigenvalue weighted by Gasteiger charge is -2.01. The van der Waals surface area contributed by atoms with Crippen LogP contribution in [-0.2, 0) is 3.79 Å². The second-order valence-corrected chi connectivity index (χ2v) is 5.00. The molecule has 0 heterocycles. The van der Waals surface area contributed by atoms with E-state index >= 15 is 0 Å². The van der Waals surface area contributed by atoms with Gasteiger partial charge in [0.25, 0.3) is 0 Å². The smallest absolute Gasteiger partial charge is 0.394 e. The molecule has 0 atom stereocenters. The average molecular weight is 170 g/mol. The summed E-state index contributed by atoms with van der Waals surface area (Å²) in [5.74, 6) is 0.902. The molecule has 0 spiro atoms. The summed E-state index contributed by atoms with van der Waals surface area (Å²) in [6, 6.07) is 0. The van der Waals surface area contributed by atoms with Gasteiger partial charge in [0.2, 0.25) is 0 Å². The molecule has 0 saturated carbocycles. The Hall–Kier alpha value is 1.02. The van der Waals surface area contributed by atoms with E-state index in [9.17, 15) is 0 Å². The van der Waals surface area contributed by atoms with E-state index in [-0.39, 0.29) is 0 Å². The topological polar surface area (TPSA) is 9.23 Å². The van der Waals surface area contributed by atoms with Crippen molar-refractivity contribution in [2.75, 3.05) is 6.61 Å². The van der Waals surface area contributed by atoms with Gasteiger partial charge in [-0.2, -0.15) is 0 Å². The third-order valence-corrected chi connectivity index (χ3v) is 3.72. The number of hydrogen-bond donors (Lipinski definition) is 0. The van der Waals surface area contributed by atoms with Gasteiger partial charge in [0, 0.05) is 6.61 Å². The van der Waals surface area contributed by atoms with E-state index in [4.69, 9.17) is 3.79 Å². The lowest BCUT2D eigenvalue weighted by molar-refractivity contribution is 0.349. The van der Waals surface area contributed by atoms with Crippen LogP contribution in [0, 0.1) is 5.92 Å². The highest BCUT2D eigenvalue weighted by molar-refractivity contribution is 6.35. The van der Waals surface area contributed by atoms with Crippen LogP contribution in [-0.4, -0.2) is 38.5 Å². The van der Waals surface area contributed by atoms with Gasteiger partial charge in [-0.1, -0.05) is 19.8 Å². The van der Waals surface area contributed by atoms with Crippen molar-refractivity contribution in [1.29, 1.82) is 0 Å². The van der Waals surface area contributed by atoms with Crippen LogP contribution in [0.2, 0.25) is 10.6 Å². The van der Waals surface area contributed by atoms with Crippen molar-refractivity contribution in [2.24, 2.45) is 5.92 Å². The predicted molar refractivity (Wildman–Crippen MR) is 47.9 cm³/mol. The zero-order valence-corrected chi connectivity index (χ0v) is 9.67. The standard InChI is InChI=1S/C4H9.C3H6O.2Al.H/c1-4(2)3;1-2-3-4;;;/h4H,1H2,2-3H3;1-3H2;;;/q;-1;;+1;. The monoisotopic (exact) mass is 170 g/mol. The molecule has 0 aromatic carbocycles. The molecule has 0 rings (SSSR count). The molecule has 0 fully saturated rings. The summed E-state index contributed by atoms with van der Waals surface area (Å²) in [6.07, 6.45) is 1.27. The van der Waals surface area contributed by atoms with Gasteiger partial charge in [0.15, 0.2) is 15.2 Å². The first-order chi connectivity index (χ1) is 4.77. The quantitative estimate of drug-likeness (QED) is 0.432. The molecule has 3 heteroatoms. The van der Waals surface area contributed by atoms with Crippen molar-refractivity contribution < 1.29 is 3.79 Å². The fourth-order valence-electron chi connectivity index (χ4n) is 0.781. The summed E-state index contributed by atoms with van der Waals surface area (Å²) in [7, 11) is 0. The average Bonchev–Trinajstić information content (AvgIpc) is 1.87. The van der Waals surface area contributed by atoms with Gasteiger partial charge in [0.05, 0.1) is 0 Å². The molecule has 0 unspecified atom stereocenters. The van der Waals surface area contributed by atoms with Gasteiger partial charge in [-0.15, -0.1) is 10.6 Å². The molecule has 0 saturated heterocycles. The lowest BCUT2D eigenvalue weighted by atomic mass is 10.3. The van der Waals surface area contributed by atoms with E-state index in [1.54, 1.807) is 16.6 Å². The van der Waals surface area contributed by atoms with Gasteiger partial charge >= 0.3 is 16.6 Å². The van der Waals surface area contributed by atoms with Gasteiger partial charge in [-0.25, -0.2) is 0 Å². The Bertz CT molecular complexity index is 66.6. The summed E-state index contributed by atoms with van der Waals surface area (Å²) in [5.41, 5.74) is 0. The van der Waals surface area contributed by atoms with Crippen LogP contribution in [0.15, 0.2) is 0 Å². The molecule has 0 amide bonds. The summed E-state index contributed by atoms with van der Waals surface area (Å²) in [5, 5.41) is 2.86. The zero-order valence-electron chi connectivity index (χ0n) is 7.10. The lowest BCUT2D eigenvalue weighted by Crippen LogP contribution is -1.97. The first kappa shape index (κ1) is 11.0. The van der Waals surface area contributed by atoms with Crippen molar-refractivity contribution in [2.45, 2.75) is 30.8 Å². The van der Waals surface area contributed by atoms with Gasteiger partial charge in [-0.3, -0.25) is 0 Å². The Kier molecular flexibility index (Phi) is 8.96. The van der Waals surface area contributed by atoms with Crippen LogP contribution in [0.25, 0.3) is 0 Å². The van der Waals surface area contributed by atoms with E-state index < -0.39 is 0 Å². The minimum absolute atomic E-state index is 0.706. The second kappa shape index (κ2) is 8.12.